The number of anilines is 2. The first-order valence-electron chi connectivity index (χ1n) is 10.9. The Morgan fingerprint density at radius 1 is 1.06 bits per heavy atom. The van der Waals surface area contributed by atoms with Crippen molar-refractivity contribution in [1.29, 1.82) is 0 Å². The lowest BCUT2D eigenvalue weighted by Gasteiger charge is -2.29. The Balaban J connectivity index is 1.51. The molecule has 0 unspecified atom stereocenters. The molecule has 0 spiro atoms. The van der Waals surface area contributed by atoms with Crippen molar-refractivity contribution >= 4 is 35.1 Å². The molecule has 8 heteroatoms. The highest BCUT2D eigenvalue weighted by Crippen LogP contribution is 2.25. The summed E-state index contributed by atoms with van der Waals surface area (Å²) in [6.07, 6.45) is 0. The molecule has 3 rings (SSSR count). The first kappa shape index (κ1) is 23.9. The third-order valence-corrected chi connectivity index (χ3v) is 6.26. The molecule has 1 fully saturated rings. The third-order valence-electron chi connectivity index (χ3n) is 5.32. The van der Waals surface area contributed by atoms with Crippen molar-refractivity contribution in [3.05, 3.63) is 59.2 Å². The summed E-state index contributed by atoms with van der Waals surface area (Å²) in [5.41, 5.74) is 4.50. The van der Waals surface area contributed by atoms with Crippen molar-refractivity contribution in [3.8, 4) is 0 Å². The van der Waals surface area contributed by atoms with Crippen LogP contribution in [0.2, 0.25) is 0 Å². The van der Waals surface area contributed by atoms with Gasteiger partial charge in [0, 0.05) is 61.2 Å². The number of hydrogen-bond acceptors (Lipinski definition) is 5. The minimum absolute atomic E-state index is 0.110. The van der Waals surface area contributed by atoms with Crippen molar-refractivity contribution in [2.24, 2.45) is 0 Å². The van der Waals surface area contributed by atoms with Gasteiger partial charge in [-0.3, -0.25) is 4.79 Å². The van der Waals surface area contributed by atoms with Gasteiger partial charge in [0.15, 0.2) is 0 Å². The number of urea groups is 1. The maximum Gasteiger partial charge on any atom is 0.319 e. The molecule has 1 aliphatic heterocycles. The first-order chi connectivity index (χ1) is 15.4. The number of carbonyl (C=O) groups excluding carboxylic acids is 2. The van der Waals surface area contributed by atoms with E-state index in [1.54, 1.807) is 6.07 Å². The fourth-order valence-corrected chi connectivity index (χ4v) is 4.38. The van der Waals surface area contributed by atoms with Crippen LogP contribution in [0.25, 0.3) is 0 Å². The van der Waals surface area contributed by atoms with Gasteiger partial charge in [-0.15, -0.1) is 0 Å². The monoisotopic (exact) mass is 455 g/mol. The van der Waals surface area contributed by atoms with E-state index >= 15 is 0 Å². The Hall–Kier alpha value is -2.71. The lowest BCUT2D eigenvalue weighted by molar-refractivity contribution is 0.0951. The molecule has 0 atom stereocenters. The van der Waals surface area contributed by atoms with Crippen molar-refractivity contribution in [3.63, 3.8) is 0 Å². The Labute approximate surface area is 194 Å². The zero-order chi connectivity index (χ0) is 22.9. The summed E-state index contributed by atoms with van der Waals surface area (Å²) in [6, 6.07) is 13.2. The smallest absolute Gasteiger partial charge is 0.319 e. The number of amides is 3. The summed E-state index contributed by atoms with van der Waals surface area (Å²) in [5.74, 6) is 2.20. The Morgan fingerprint density at radius 2 is 1.84 bits per heavy atom. The Morgan fingerprint density at radius 3 is 2.56 bits per heavy atom. The average molecular weight is 456 g/mol. The van der Waals surface area contributed by atoms with Crippen LogP contribution in [-0.4, -0.2) is 68.6 Å². The second-order valence-corrected chi connectivity index (χ2v) is 9.39. The minimum atomic E-state index is -0.268. The summed E-state index contributed by atoms with van der Waals surface area (Å²) in [7, 11) is 3.93. The van der Waals surface area contributed by atoms with Crippen LogP contribution in [0.3, 0.4) is 0 Å². The Bertz CT molecular complexity index is 928. The standard InChI is InChI=1S/C24H33N5O2S/c1-18-15-21(29-11-13-32-14-12-29)7-8-22(18)27-24(31)26-17-19-5-4-6-20(16-19)23(30)25-9-10-28(2)3/h4-8,15-16H,9-14,17H2,1-3H3,(H,25,30)(H2,26,27,31). The molecule has 1 saturated heterocycles. The lowest BCUT2D eigenvalue weighted by Crippen LogP contribution is -2.32. The molecule has 0 aromatic heterocycles. The number of hydrogen-bond donors (Lipinski definition) is 3. The SMILES string of the molecule is Cc1cc(N2CCSCC2)ccc1NC(=O)NCc1cccc(C(=O)NCCN(C)C)c1. The predicted molar refractivity (Wildman–Crippen MR) is 134 cm³/mol. The highest BCUT2D eigenvalue weighted by Gasteiger charge is 2.13. The molecule has 0 radical (unpaired) electrons. The highest BCUT2D eigenvalue weighted by atomic mass is 32.2. The van der Waals surface area contributed by atoms with Crippen LogP contribution in [-0.2, 0) is 6.54 Å². The number of nitrogens with zero attached hydrogens (tertiary/aromatic N) is 2. The van der Waals surface area contributed by atoms with Gasteiger partial charge < -0.3 is 25.8 Å². The second-order valence-electron chi connectivity index (χ2n) is 8.17. The van der Waals surface area contributed by atoms with Gasteiger partial charge >= 0.3 is 6.03 Å². The molecule has 32 heavy (non-hydrogen) atoms. The van der Waals surface area contributed by atoms with Crippen LogP contribution in [0.1, 0.15) is 21.5 Å². The number of carbonyl (C=O) groups is 2. The molecule has 2 aromatic rings. The number of thioether (sulfide) groups is 1. The molecule has 2 aromatic carbocycles. The molecule has 3 N–H and O–H groups in total. The minimum Gasteiger partial charge on any atom is -0.370 e. The van der Waals surface area contributed by atoms with Crippen LogP contribution in [0.15, 0.2) is 42.5 Å². The van der Waals surface area contributed by atoms with E-state index in [0.29, 0.717) is 18.7 Å². The molecule has 7 nitrogen and oxygen atoms in total. The first-order valence-corrected chi connectivity index (χ1v) is 12.1. The molecular weight excluding hydrogens is 422 g/mol. The summed E-state index contributed by atoms with van der Waals surface area (Å²) >= 11 is 1.99. The van der Waals surface area contributed by atoms with Crippen LogP contribution in [0.4, 0.5) is 16.2 Å². The van der Waals surface area contributed by atoms with E-state index in [1.807, 2.05) is 61.9 Å². The maximum atomic E-state index is 12.4. The van der Waals surface area contributed by atoms with Crippen LogP contribution < -0.4 is 20.9 Å². The number of rotatable bonds is 8. The van der Waals surface area contributed by atoms with E-state index in [2.05, 4.69) is 33.0 Å². The van der Waals surface area contributed by atoms with E-state index in [1.165, 1.54) is 5.69 Å². The molecule has 1 aliphatic rings. The van der Waals surface area contributed by atoms with Crippen molar-refractivity contribution in [2.75, 3.05) is 62.0 Å². The quantitative estimate of drug-likeness (QED) is 0.570. The average Bonchev–Trinajstić information content (AvgIpc) is 2.79. The van der Waals surface area contributed by atoms with Gasteiger partial charge in [0.2, 0.25) is 0 Å². The molecule has 3 amide bonds. The molecule has 0 aliphatic carbocycles. The van der Waals surface area contributed by atoms with Gasteiger partial charge in [-0.05, 0) is 62.5 Å². The van der Waals surface area contributed by atoms with E-state index < -0.39 is 0 Å². The van der Waals surface area contributed by atoms with E-state index in [4.69, 9.17) is 0 Å². The number of benzene rings is 2. The predicted octanol–water partition coefficient (Wildman–Crippen LogP) is 3.16. The van der Waals surface area contributed by atoms with E-state index in [-0.39, 0.29) is 11.9 Å². The van der Waals surface area contributed by atoms with Gasteiger partial charge in [0.05, 0.1) is 0 Å². The van der Waals surface area contributed by atoms with Crippen LogP contribution in [0, 0.1) is 6.92 Å². The zero-order valence-electron chi connectivity index (χ0n) is 19.1. The molecule has 172 valence electrons. The third kappa shape index (κ3) is 7.17. The summed E-state index contributed by atoms with van der Waals surface area (Å²) < 4.78 is 0. The largest absolute Gasteiger partial charge is 0.370 e. The summed E-state index contributed by atoms with van der Waals surface area (Å²) in [6.45, 7) is 5.84. The lowest BCUT2D eigenvalue weighted by atomic mass is 10.1. The van der Waals surface area contributed by atoms with E-state index in [0.717, 1.165) is 48.0 Å². The van der Waals surface area contributed by atoms with Crippen LogP contribution >= 0.6 is 11.8 Å². The van der Waals surface area contributed by atoms with Gasteiger partial charge in [-0.2, -0.15) is 11.8 Å². The summed E-state index contributed by atoms with van der Waals surface area (Å²) in [5, 5.41) is 8.71. The molecule has 0 bridgehead atoms. The zero-order valence-corrected chi connectivity index (χ0v) is 19.9. The number of nitrogens with one attached hydrogen (secondary N) is 3. The molecule has 1 heterocycles. The molecule has 0 saturated carbocycles. The topological polar surface area (TPSA) is 76.7 Å². The summed E-state index contributed by atoms with van der Waals surface area (Å²) in [4.78, 5) is 29.1. The molecular formula is C24H33N5O2S. The van der Waals surface area contributed by atoms with E-state index in [9.17, 15) is 9.59 Å². The van der Waals surface area contributed by atoms with Crippen molar-refractivity contribution < 1.29 is 9.59 Å². The number of aryl methyl sites for hydroxylation is 1. The van der Waals surface area contributed by atoms with Crippen molar-refractivity contribution in [2.45, 2.75) is 13.5 Å². The van der Waals surface area contributed by atoms with Crippen molar-refractivity contribution in [1.82, 2.24) is 15.5 Å². The van der Waals surface area contributed by atoms with Gasteiger partial charge in [-0.25, -0.2) is 4.79 Å². The van der Waals surface area contributed by atoms with Gasteiger partial charge in [0.25, 0.3) is 5.91 Å². The fourth-order valence-electron chi connectivity index (χ4n) is 3.47. The number of likely N-dealkylation sites (N-methyl/N-ethyl adjacent to an activating group) is 1. The van der Waals surface area contributed by atoms with Crippen LogP contribution in [0.5, 0.6) is 0 Å². The normalized spacial score (nSPS) is 13.7. The Kier molecular flexibility index (Phi) is 8.81. The fraction of sp³-hybridized carbons (Fsp3) is 0.417. The second kappa shape index (κ2) is 11.8. The highest BCUT2D eigenvalue weighted by molar-refractivity contribution is 7.99. The van der Waals surface area contributed by atoms with Gasteiger partial charge in [0.1, 0.15) is 0 Å². The van der Waals surface area contributed by atoms with Gasteiger partial charge in [-0.1, -0.05) is 12.1 Å². The maximum absolute atomic E-state index is 12.4.